The number of Topliss-reactive ketones (excluding diaryl/α,β-unsaturated/α-hetero) is 1. The van der Waals surface area contributed by atoms with Crippen LogP contribution in [0.5, 0.6) is 0 Å². The second-order valence-electron chi connectivity index (χ2n) is 6.96. The van der Waals surface area contributed by atoms with E-state index in [9.17, 15) is 14.4 Å². The predicted molar refractivity (Wildman–Crippen MR) is 123 cm³/mol. The summed E-state index contributed by atoms with van der Waals surface area (Å²) in [5.74, 6) is 0.0158. The smallest absolute Gasteiger partial charge is 0.350 e. The van der Waals surface area contributed by atoms with E-state index in [1.807, 2.05) is 35.7 Å². The molecule has 0 spiro atoms. The van der Waals surface area contributed by atoms with Gasteiger partial charge in [0.2, 0.25) is 5.91 Å². The fourth-order valence-corrected chi connectivity index (χ4v) is 3.90. The van der Waals surface area contributed by atoms with E-state index in [0.29, 0.717) is 29.1 Å². The van der Waals surface area contributed by atoms with E-state index in [2.05, 4.69) is 15.6 Å². The van der Waals surface area contributed by atoms with Gasteiger partial charge in [0.25, 0.3) is 0 Å². The lowest BCUT2D eigenvalue weighted by atomic mass is 10.1. The summed E-state index contributed by atoms with van der Waals surface area (Å²) in [4.78, 5) is 42.2. The molecule has 0 radical (unpaired) electrons. The second-order valence-corrected chi connectivity index (χ2v) is 8.00. The zero-order valence-electron chi connectivity index (χ0n) is 16.8. The number of hydrogen-bond acceptors (Lipinski definition) is 6. The van der Waals surface area contributed by atoms with Crippen molar-refractivity contribution in [2.45, 2.75) is 20.0 Å². The quantitative estimate of drug-likeness (QED) is 0.432. The molecule has 0 aliphatic rings. The molecule has 0 saturated heterocycles. The fraction of sp³-hybridized carbons (Fsp3) is 0.130. The maximum Gasteiger partial charge on any atom is 0.350 e. The third kappa shape index (κ3) is 4.70. The third-order valence-electron chi connectivity index (χ3n) is 4.75. The summed E-state index contributed by atoms with van der Waals surface area (Å²) in [6.07, 6.45) is 0. The predicted octanol–water partition coefficient (Wildman–Crippen LogP) is 3.91. The van der Waals surface area contributed by atoms with E-state index in [4.69, 9.17) is 0 Å². The number of para-hydroxylation sites is 1. The van der Waals surface area contributed by atoms with Gasteiger partial charge in [-0.1, -0.05) is 30.3 Å². The lowest BCUT2D eigenvalue weighted by molar-refractivity contribution is -0.116. The number of nitrogens with zero attached hydrogens (tertiary/aromatic N) is 2. The van der Waals surface area contributed by atoms with Gasteiger partial charge in [0.05, 0.1) is 12.1 Å². The highest BCUT2D eigenvalue weighted by atomic mass is 32.1. The van der Waals surface area contributed by atoms with Crippen molar-refractivity contribution in [2.24, 2.45) is 0 Å². The van der Waals surface area contributed by atoms with Crippen LogP contribution in [0.15, 0.2) is 70.8 Å². The number of amides is 1. The summed E-state index contributed by atoms with van der Waals surface area (Å²) in [6, 6.07) is 18.0. The van der Waals surface area contributed by atoms with Crippen molar-refractivity contribution in [3.63, 3.8) is 0 Å². The normalized spacial score (nSPS) is 10.7. The Morgan fingerprint density at radius 1 is 1.06 bits per heavy atom. The summed E-state index contributed by atoms with van der Waals surface area (Å²) in [6.45, 7) is 1.83. The first-order chi connectivity index (χ1) is 15.0. The van der Waals surface area contributed by atoms with Crippen molar-refractivity contribution in [3.8, 4) is 0 Å². The zero-order valence-corrected chi connectivity index (χ0v) is 17.6. The van der Waals surface area contributed by atoms with Gasteiger partial charge in [-0.05, 0) is 42.6 Å². The van der Waals surface area contributed by atoms with Crippen LogP contribution in [0.25, 0.3) is 10.9 Å². The number of anilines is 2. The van der Waals surface area contributed by atoms with Gasteiger partial charge in [0, 0.05) is 21.5 Å². The molecule has 0 aliphatic carbocycles. The average molecular weight is 433 g/mol. The van der Waals surface area contributed by atoms with Gasteiger partial charge in [-0.3, -0.25) is 14.2 Å². The standard InChI is InChI=1S/C23H20N4O3S/c1-15(28)16-6-4-7-17(12-16)25-21(29)14-27-20-10-3-2-9-19(20)22(26-23(27)30)24-13-18-8-5-11-31-18/h2-12H,13-14H2,1H3,(H,25,29)(H,24,26,30). The van der Waals surface area contributed by atoms with Gasteiger partial charge in [0.1, 0.15) is 12.4 Å². The van der Waals surface area contributed by atoms with Crippen LogP contribution in [0, 0.1) is 0 Å². The highest BCUT2D eigenvalue weighted by molar-refractivity contribution is 7.09. The topological polar surface area (TPSA) is 93.1 Å². The van der Waals surface area contributed by atoms with Gasteiger partial charge in [0.15, 0.2) is 5.78 Å². The molecule has 8 heteroatoms. The van der Waals surface area contributed by atoms with Gasteiger partial charge in [-0.25, -0.2) is 4.79 Å². The van der Waals surface area contributed by atoms with Gasteiger partial charge in [-0.2, -0.15) is 4.98 Å². The summed E-state index contributed by atoms with van der Waals surface area (Å²) in [5.41, 5.74) is 1.10. The molecule has 2 aromatic carbocycles. The minimum absolute atomic E-state index is 0.0897. The number of hydrogen-bond donors (Lipinski definition) is 2. The van der Waals surface area contributed by atoms with Crippen LogP contribution >= 0.6 is 11.3 Å². The van der Waals surface area contributed by atoms with E-state index in [1.54, 1.807) is 41.7 Å². The molecule has 0 fully saturated rings. The fourth-order valence-electron chi connectivity index (χ4n) is 3.26. The zero-order chi connectivity index (χ0) is 21.8. The van der Waals surface area contributed by atoms with E-state index in [0.717, 1.165) is 10.3 Å². The van der Waals surface area contributed by atoms with Crippen molar-refractivity contribution < 1.29 is 9.59 Å². The van der Waals surface area contributed by atoms with Crippen LogP contribution < -0.4 is 16.3 Å². The maximum atomic E-state index is 12.7. The summed E-state index contributed by atoms with van der Waals surface area (Å²) < 4.78 is 1.34. The first-order valence-corrected chi connectivity index (χ1v) is 10.6. The molecule has 4 rings (SSSR count). The van der Waals surface area contributed by atoms with E-state index >= 15 is 0 Å². The SMILES string of the molecule is CC(=O)c1cccc(NC(=O)Cn2c(=O)nc(NCc3cccs3)c3ccccc32)c1. The molecule has 7 nitrogen and oxygen atoms in total. The Hall–Kier alpha value is -3.78. The van der Waals surface area contributed by atoms with Crippen LogP contribution in [0.1, 0.15) is 22.2 Å². The highest BCUT2D eigenvalue weighted by Crippen LogP contribution is 2.21. The Morgan fingerprint density at radius 2 is 1.90 bits per heavy atom. The molecule has 4 aromatic rings. The van der Waals surface area contributed by atoms with Crippen molar-refractivity contribution in [3.05, 3.63) is 87.0 Å². The number of rotatable bonds is 7. The van der Waals surface area contributed by atoms with Crippen molar-refractivity contribution in [2.75, 3.05) is 10.6 Å². The highest BCUT2D eigenvalue weighted by Gasteiger charge is 2.13. The molecule has 0 saturated carbocycles. The average Bonchev–Trinajstić information content (AvgIpc) is 3.28. The van der Waals surface area contributed by atoms with Crippen LogP contribution in [0.3, 0.4) is 0 Å². The molecule has 0 atom stereocenters. The molecule has 2 heterocycles. The Labute approximate surface area is 182 Å². The number of ketones is 1. The Morgan fingerprint density at radius 3 is 2.68 bits per heavy atom. The lowest BCUT2D eigenvalue weighted by Crippen LogP contribution is -2.30. The van der Waals surface area contributed by atoms with Crippen molar-refractivity contribution >= 4 is 45.4 Å². The first kappa shape index (κ1) is 20.5. The number of benzene rings is 2. The van der Waals surface area contributed by atoms with Crippen LogP contribution in [0.4, 0.5) is 11.5 Å². The number of fused-ring (bicyclic) bond motifs is 1. The lowest BCUT2D eigenvalue weighted by Gasteiger charge is -2.13. The largest absolute Gasteiger partial charge is 0.364 e. The number of aromatic nitrogens is 2. The summed E-state index contributed by atoms with van der Waals surface area (Å²) in [5, 5.41) is 8.71. The molecular weight excluding hydrogens is 412 g/mol. The van der Waals surface area contributed by atoms with Crippen molar-refractivity contribution in [1.29, 1.82) is 0 Å². The minimum atomic E-state index is -0.514. The second kappa shape index (κ2) is 8.93. The molecule has 2 aromatic heterocycles. The monoisotopic (exact) mass is 432 g/mol. The molecule has 0 unspecified atom stereocenters. The molecule has 0 bridgehead atoms. The molecular formula is C23H20N4O3S. The molecule has 1 amide bonds. The van der Waals surface area contributed by atoms with Gasteiger partial charge in [-0.15, -0.1) is 11.3 Å². The maximum absolute atomic E-state index is 12.7. The molecule has 0 aliphatic heterocycles. The third-order valence-corrected chi connectivity index (χ3v) is 5.63. The summed E-state index contributed by atoms with van der Waals surface area (Å²) in [7, 11) is 0. The van der Waals surface area contributed by atoms with Crippen LogP contribution in [-0.2, 0) is 17.9 Å². The molecule has 156 valence electrons. The number of nitrogens with one attached hydrogen (secondary N) is 2. The molecule has 2 N–H and O–H groups in total. The Balaban J connectivity index is 1.59. The summed E-state index contributed by atoms with van der Waals surface area (Å²) >= 11 is 1.62. The van der Waals surface area contributed by atoms with E-state index in [-0.39, 0.29) is 18.2 Å². The van der Waals surface area contributed by atoms with E-state index in [1.165, 1.54) is 11.5 Å². The first-order valence-electron chi connectivity index (χ1n) is 9.68. The van der Waals surface area contributed by atoms with Gasteiger partial charge < -0.3 is 10.6 Å². The number of carbonyl (C=O) groups excluding carboxylic acids is 2. The van der Waals surface area contributed by atoms with E-state index < -0.39 is 5.69 Å². The van der Waals surface area contributed by atoms with Gasteiger partial charge >= 0.3 is 5.69 Å². The van der Waals surface area contributed by atoms with Crippen LogP contribution in [-0.4, -0.2) is 21.2 Å². The number of carbonyl (C=O) groups is 2. The molecule has 31 heavy (non-hydrogen) atoms. The minimum Gasteiger partial charge on any atom is -0.364 e. The Kier molecular flexibility index (Phi) is 5.90. The van der Waals surface area contributed by atoms with Crippen molar-refractivity contribution in [1.82, 2.24) is 9.55 Å². The number of thiophene rings is 1. The Bertz CT molecular complexity index is 1310. The van der Waals surface area contributed by atoms with Crippen LogP contribution in [0.2, 0.25) is 0 Å².